The molecule has 0 aliphatic rings. The largest absolute Gasteiger partial charge is 0.394 e. The Morgan fingerprint density at radius 3 is 2.95 bits per heavy atom. The highest BCUT2D eigenvalue weighted by Gasteiger charge is 2.12. The summed E-state index contributed by atoms with van der Waals surface area (Å²) < 4.78 is 5.33. The van der Waals surface area contributed by atoms with Crippen molar-refractivity contribution in [3.05, 3.63) is 46.5 Å². The van der Waals surface area contributed by atoms with Crippen LogP contribution >= 0.6 is 11.6 Å². The first-order valence-corrected chi connectivity index (χ1v) is 7.10. The fourth-order valence-electron chi connectivity index (χ4n) is 1.95. The number of aromatic nitrogens is 2. The van der Waals surface area contributed by atoms with Crippen molar-refractivity contribution in [2.75, 3.05) is 18.5 Å². The van der Waals surface area contributed by atoms with Gasteiger partial charge >= 0.3 is 0 Å². The molecule has 0 saturated carbocycles. The number of nitrogens with one attached hydrogen (secondary N) is 2. The van der Waals surface area contributed by atoms with E-state index in [1.165, 1.54) is 6.21 Å². The third-order valence-electron chi connectivity index (χ3n) is 2.89. The molecule has 22 heavy (non-hydrogen) atoms. The minimum Gasteiger partial charge on any atom is -0.394 e. The number of rotatable bonds is 7. The Labute approximate surface area is 133 Å². The second-order valence-electron chi connectivity index (χ2n) is 4.59. The van der Waals surface area contributed by atoms with Crippen LogP contribution in [0.4, 0.5) is 11.4 Å². The zero-order valence-corrected chi connectivity index (χ0v) is 12.9. The summed E-state index contributed by atoms with van der Waals surface area (Å²) in [6.45, 7) is 2.23. The van der Waals surface area contributed by atoms with Crippen LogP contribution < -0.4 is 5.32 Å². The van der Waals surface area contributed by atoms with E-state index in [0.29, 0.717) is 16.9 Å². The van der Waals surface area contributed by atoms with Crippen LogP contribution in [-0.4, -0.2) is 34.5 Å². The van der Waals surface area contributed by atoms with Gasteiger partial charge in [0, 0.05) is 29.4 Å². The van der Waals surface area contributed by atoms with Crippen molar-refractivity contribution >= 4 is 29.2 Å². The van der Waals surface area contributed by atoms with Crippen molar-refractivity contribution in [2.24, 2.45) is 0 Å². The van der Waals surface area contributed by atoms with Gasteiger partial charge in [-0.2, -0.15) is 0 Å². The number of halogens is 1. The van der Waals surface area contributed by atoms with Crippen molar-refractivity contribution in [3.63, 3.8) is 0 Å². The molecule has 116 valence electrons. The molecule has 6 nitrogen and oxygen atoms in total. The molecule has 0 saturated heterocycles. The van der Waals surface area contributed by atoms with Gasteiger partial charge in [0.25, 0.3) is 0 Å². The minimum absolute atomic E-state index is 0.0652. The highest BCUT2D eigenvalue weighted by molar-refractivity contribution is 6.29. The molecule has 0 unspecified atom stereocenters. The predicted molar refractivity (Wildman–Crippen MR) is 86.1 cm³/mol. The molecule has 0 fully saturated rings. The molecular formula is C15H17ClN4O2. The maximum absolute atomic E-state index is 8.80. The number of anilines is 2. The second kappa shape index (κ2) is 7.84. The van der Waals surface area contributed by atoms with E-state index in [4.69, 9.17) is 26.9 Å². The normalized spacial score (nSPS) is 10.5. The fourth-order valence-corrected chi connectivity index (χ4v) is 2.17. The van der Waals surface area contributed by atoms with Crippen molar-refractivity contribution in [2.45, 2.75) is 13.5 Å². The molecule has 0 aliphatic heterocycles. The van der Waals surface area contributed by atoms with Crippen LogP contribution in [-0.2, 0) is 11.3 Å². The number of hydrogen-bond acceptors (Lipinski definition) is 6. The lowest BCUT2D eigenvalue weighted by atomic mass is 10.1. The third-order valence-corrected chi connectivity index (χ3v) is 3.08. The number of pyridine rings is 2. The standard InChI is InChI=1S/C15H17ClN4O2/c1-10-6-12(2-3-18-10)19-15-11(8-17)7-14(16)20-13(15)9-22-5-4-21/h2-3,6-8,17,21H,4-5,9H2,1H3,(H,18,19). The molecule has 3 N–H and O–H groups in total. The van der Waals surface area contributed by atoms with Crippen LogP contribution in [0, 0.1) is 12.3 Å². The molecule has 7 heteroatoms. The van der Waals surface area contributed by atoms with Gasteiger partial charge in [-0.3, -0.25) is 4.98 Å². The highest BCUT2D eigenvalue weighted by Crippen LogP contribution is 2.26. The van der Waals surface area contributed by atoms with E-state index in [1.54, 1.807) is 12.3 Å². The summed E-state index contributed by atoms with van der Waals surface area (Å²) in [7, 11) is 0. The Hall–Kier alpha value is -2.02. The van der Waals surface area contributed by atoms with Gasteiger partial charge in [-0.05, 0) is 25.1 Å². The molecule has 0 bridgehead atoms. The lowest BCUT2D eigenvalue weighted by Crippen LogP contribution is -2.07. The average molecular weight is 321 g/mol. The maximum atomic E-state index is 8.80. The maximum Gasteiger partial charge on any atom is 0.130 e. The van der Waals surface area contributed by atoms with Crippen LogP contribution in [0.5, 0.6) is 0 Å². The number of hydrogen-bond donors (Lipinski definition) is 3. The molecule has 0 aromatic carbocycles. The van der Waals surface area contributed by atoms with Gasteiger partial charge in [0.2, 0.25) is 0 Å². The summed E-state index contributed by atoms with van der Waals surface area (Å²) >= 11 is 5.98. The summed E-state index contributed by atoms with van der Waals surface area (Å²) in [5.74, 6) is 0. The monoisotopic (exact) mass is 320 g/mol. The minimum atomic E-state index is -0.0652. The van der Waals surface area contributed by atoms with Crippen LogP contribution in [0.3, 0.4) is 0 Å². The molecule has 0 amide bonds. The molecule has 2 rings (SSSR count). The average Bonchev–Trinajstić information content (AvgIpc) is 2.49. The van der Waals surface area contributed by atoms with Crippen LogP contribution in [0.2, 0.25) is 5.15 Å². The number of nitrogens with zero attached hydrogens (tertiary/aromatic N) is 2. The highest BCUT2D eigenvalue weighted by atomic mass is 35.5. The smallest absolute Gasteiger partial charge is 0.130 e. The van der Waals surface area contributed by atoms with E-state index < -0.39 is 0 Å². The Bertz CT molecular complexity index is 664. The molecule has 0 aliphatic carbocycles. The Kier molecular flexibility index (Phi) is 5.83. The molecule has 0 atom stereocenters. The van der Waals surface area contributed by atoms with E-state index in [1.807, 2.05) is 19.1 Å². The lowest BCUT2D eigenvalue weighted by Gasteiger charge is -2.15. The second-order valence-corrected chi connectivity index (χ2v) is 4.97. The van der Waals surface area contributed by atoms with E-state index in [0.717, 1.165) is 11.4 Å². The summed E-state index contributed by atoms with van der Waals surface area (Å²) in [5.41, 5.74) is 3.55. The lowest BCUT2D eigenvalue weighted by molar-refractivity contribution is 0.0800. The van der Waals surface area contributed by atoms with Gasteiger partial charge in [-0.1, -0.05) is 11.6 Å². The Morgan fingerprint density at radius 1 is 1.45 bits per heavy atom. The molecular weight excluding hydrogens is 304 g/mol. The third kappa shape index (κ3) is 4.24. The number of ether oxygens (including phenoxy) is 1. The quantitative estimate of drug-likeness (QED) is 0.414. The van der Waals surface area contributed by atoms with Gasteiger partial charge in [-0.25, -0.2) is 4.98 Å². The van der Waals surface area contributed by atoms with Gasteiger partial charge in [0.15, 0.2) is 0 Å². The zero-order chi connectivity index (χ0) is 15.9. The molecule has 2 aromatic heterocycles. The van der Waals surface area contributed by atoms with Gasteiger partial charge in [-0.15, -0.1) is 0 Å². The van der Waals surface area contributed by atoms with Crippen LogP contribution in [0.25, 0.3) is 0 Å². The molecule has 2 aromatic rings. The first kappa shape index (κ1) is 16.4. The summed E-state index contributed by atoms with van der Waals surface area (Å²) in [6, 6.07) is 5.33. The van der Waals surface area contributed by atoms with E-state index in [-0.39, 0.29) is 25.0 Å². The SMILES string of the molecule is Cc1cc(Nc2c(C=N)cc(Cl)nc2COCCO)ccn1. The van der Waals surface area contributed by atoms with Crippen molar-refractivity contribution in [1.29, 1.82) is 5.41 Å². The number of aliphatic hydroxyl groups excluding tert-OH is 1. The predicted octanol–water partition coefficient (Wildman–Crippen LogP) is 2.69. The van der Waals surface area contributed by atoms with Crippen LogP contribution in [0.1, 0.15) is 17.0 Å². The van der Waals surface area contributed by atoms with Gasteiger partial charge in [0.05, 0.1) is 31.2 Å². The van der Waals surface area contributed by atoms with Crippen molar-refractivity contribution < 1.29 is 9.84 Å². The molecule has 0 radical (unpaired) electrons. The number of aliphatic hydroxyl groups is 1. The molecule has 2 heterocycles. The Balaban J connectivity index is 2.35. The zero-order valence-electron chi connectivity index (χ0n) is 12.1. The summed E-state index contributed by atoms with van der Waals surface area (Å²) in [6.07, 6.45) is 2.91. The van der Waals surface area contributed by atoms with Crippen LogP contribution in [0.15, 0.2) is 24.4 Å². The van der Waals surface area contributed by atoms with E-state index >= 15 is 0 Å². The Morgan fingerprint density at radius 2 is 2.27 bits per heavy atom. The number of aryl methyl sites for hydroxylation is 1. The van der Waals surface area contributed by atoms with Gasteiger partial charge < -0.3 is 20.6 Å². The van der Waals surface area contributed by atoms with E-state index in [2.05, 4.69) is 15.3 Å². The van der Waals surface area contributed by atoms with Gasteiger partial charge in [0.1, 0.15) is 5.15 Å². The van der Waals surface area contributed by atoms with E-state index in [9.17, 15) is 0 Å². The molecule has 0 spiro atoms. The first-order valence-electron chi connectivity index (χ1n) is 6.72. The van der Waals surface area contributed by atoms with Crippen molar-refractivity contribution in [1.82, 2.24) is 9.97 Å². The fraction of sp³-hybridized carbons (Fsp3) is 0.267. The summed E-state index contributed by atoms with van der Waals surface area (Å²) in [4.78, 5) is 8.40. The summed E-state index contributed by atoms with van der Waals surface area (Å²) in [5, 5.41) is 19.9. The first-order chi connectivity index (χ1) is 10.6. The van der Waals surface area contributed by atoms with Crippen molar-refractivity contribution in [3.8, 4) is 0 Å². The topological polar surface area (TPSA) is 91.1 Å².